The van der Waals surface area contributed by atoms with E-state index in [1.807, 2.05) is 24.3 Å². The molecule has 0 saturated carbocycles. The number of carbonyl (C=O) groups excluding carboxylic acids is 1. The fourth-order valence-electron chi connectivity index (χ4n) is 2.04. The van der Waals surface area contributed by atoms with Crippen LogP contribution in [0.1, 0.15) is 41.3 Å². The van der Waals surface area contributed by atoms with Crippen molar-refractivity contribution < 1.29 is 9.90 Å². The van der Waals surface area contributed by atoms with E-state index in [9.17, 15) is 9.90 Å². The van der Waals surface area contributed by atoms with Gasteiger partial charge in [0.15, 0.2) is 0 Å². The number of nitrogen functional groups attached to an aromatic ring is 1. The van der Waals surface area contributed by atoms with E-state index >= 15 is 0 Å². The second-order valence-electron chi connectivity index (χ2n) is 5.35. The molecule has 0 aliphatic heterocycles. The third-order valence-corrected chi connectivity index (χ3v) is 3.38. The van der Waals surface area contributed by atoms with Gasteiger partial charge in [0.1, 0.15) is 5.75 Å². The zero-order valence-electron chi connectivity index (χ0n) is 12.3. The van der Waals surface area contributed by atoms with Gasteiger partial charge in [-0.2, -0.15) is 0 Å². The van der Waals surface area contributed by atoms with Crippen LogP contribution in [0.25, 0.3) is 0 Å². The highest BCUT2D eigenvalue weighted by Crippen LogP contribution is 2.19. The first-order valence-corrected chi connectivity index (χ1v) is 6.93. The molecule has 21 heavy (non-hydrogen) atoms. The summed E-state index contributed by atoms with van der Waals surface area (Å²) < 4.78 is 0. The Hall–Kier alpha value is -2.49. The molecule has 0 saturated heterocycles. The molecule has 0 aliphatic carbocycles. The van der Waals surface area contributed by atoms with E-state index in [1.165, 1.54) is 11.6 Å². The molecule has 110 valence electrons. The highest BCUT2D eigenvalue weighted by Gasteiger charge is 2.08. The molecule has 0 heterocycles. The summed E-state index contributed by atoms with van der Waals surface area (Å²) in [5.41, 5.74) is 8.61. The van der Waals surface area contributed by atoms with E-state index in [0.29, 0.717) is 22.7 Å². The normalized spacial score (nSPS) is 10.6. The van der Waals surface area contributed by atoms with Crippen molar-refractivity contribution in [2.45, 2.75) is 26.3 Å². The smallest absolute Gasteiger partial charge is 0.251 e. The van der Waals surface area contributed by atoms with E-state index in [2.05, 4.69) is 19.2 Å². The van der Waals surface area contributed by atoms with E-state index in [-0.39, 0.29) is 18.2 Å². The van der Waals surface area contributed by atoms with Crippen LogP contribution in [0.2, 0.25) is 0 Å². The number of nitrogens with one attached hydrogen (secondary N) is 1. The molecule has 0 radical (unpaired) electrons. The van der Waals surface area contributed by atoms with Crippen molar-refractivity contribution in [3.8, 4) is 5.75 Å². The van der Waals surface area contributed by atoms with E-state index in [4.69, 9.17) is 5.73 Å². The Bertz CT molecular complexity index is 634. The fraction of sp³-hybridized carbons (Fsp3) is 0.235. The molecule has 2 aromatic carbocycles. The molecule has 2 rings (SSSR count). The maximum absolute atomic E-state index is 12.1. The van der Waals surface area contributed by atoms with Crippen molar-refractivity contribution in [2.75, 3.05) is 5.73 Å². The SMILES string of the molecule is CC(C)c1ccc(C(=O)NCc2cc(N)ccc2O)cc1. The third kappa shape index (κ3) is 3.75. The number of rotatable bonds is 4. The highest BCUT2D eigenvalue weighted by atomic mass is 16.3. The molecular weight excluding hydrogens is 264 g/mol. The fourth-order valence-corrected chi connectivity index (χ4v) is 2.04. The number of benzene rings is 2. The summed E-state index contributed by atoms with van der Waals surface area (Å²) >= 11 is 0. The first-order chi connectivity index (χ1) is 9.97. The number of amides is 1. The summed E-state index contributed by atoms with van der Waals surface area (Å²) in [6.07, 6.45) is 0. The summed E-state index contributed by atoms with van der Waals surface area (Å²) in [5.74, 6) is 0.387. The average molecular weight is 284 g/mol. The molecule has 0 spiro atoms. The lowest BCUT2D eigenvalue weighted by molar-refractivity contribution is 0.0950. The summed E-state index contributed by atoms with van der Waals surface area (Å²) in [5, 5.41) is 12.5. The van der Waals surface area contributed by atoms with Gasteiger partial charge in [0.05, 0.1) is 0 Å². The van der Waals surface area contributed by atoms with Gasteiger partial charge in [-0.25, -0.2) is 0 Å². The molecule has 0 aliphatic rings. The maximum Gasteiger partial charge on any atom is 0.251 e. The molecule has 4 N–H and O–H groups in total. The first-order valence-electron chi connectivity index (χ1n) is 6.93. The molecule has 0 fully saturated rings. The Balaban J connectivity index is 2.03. The maximum atomic E-state index is 12.1. The van der Waals surface area contributed by atoms with Crippen LogP contribution < -0.4 is 11.1 Å². The summed E-state index contributed by atoms with van der Waals surface area (Å²) in [6, 6.07) is 12.3. The van der Waals surface area contributed by atoms with Crippen molar-refractivity contribution >= 4 is 11.6 Å². The molecule has 1 amide bonds. The molecule has 2 aromatic rings. The summed E-state index contributed by atoms with van der Waals surface area (Å²) in [6.45, 7) is 4.46. The number of aromatic hydroxyl groups is 1. The largest absolute Gasteiger partial charge is 0.508 e. The van der Waals surface area contributed by atoms with Gasteiger partial charge >= 0.3 is 0 Å². The zero-order valence-corrected chi connectivity index (χ0v) is 12.3. The predicted molar refractivity (Wildman–Crippen MR) is 84.2 cm³/mol. The number of phenolic OH excluding ortho intramolecular Hbond substituents is 1. The minimum Gasteiger partial charge on any atom is -0.508 e. The van der Waals surface area contributed by atoms with Crippen molar-refractivity contribution in [3.63, 3.8) is 0 Å². The second kappa shape index (κ2) is 6.31. The quantitative estimate of drug-likeness (QED) is 0.596. The molecule has 4 nitrogen and oxygen atoms in total. The van der Waals surface area contributed by atoms with Crippen LogP contribution in [0.15, 0.2) is 42.5 Å². The molecule has 0 bridgehead atoms. The van der Waals surface area contributed by atoms with Crippen LogP contribution in [0.5, 0.6) is 5.75 Å². The molecule has 0 unspecified atom stereocenters. The molecule has 4 heteroatoms. The lowest BCUT2D eigenvalue weighted by Gasteiger charge is -2.09. The van der Waals surface area contributed by atoms with Gasteiger partial charge in [0, 0.05) is 23.4 Å². The number of phenols is 1. The number of hydrogen-bond acceptors (Lipinski definition) is 3. The van der Waals surface area contributed by atoms with Crippen LogP contribution in [0, 0.1) is 0 Å². The average Bonchev–Trinajstić information content (AvgIpc) is 2.48. The van der Waals surface area contributed by atoms with Crippen LogP contribution in [0.4, 0.5) is 5.69 Å². The van der Waals surface area contributed by atoms with Crippen LogP contribution in [0.3, 0.4) is 0 Å². The first kappa shape index (κ1) is 14.9. The highest BCUT2D eigenvalue weighted by molar-refractivity contribution is 5.94. The van der Waals surface area contributed by atoms with Crippen molar-refractivity contribution in [3.05, 3.63) is 59.2 Å². The Labute approximate surface area is 124 Å². The van der Waals surface area contributed by atoms with Gasteiger partial charge in [0.25, 0.3) is 5.91 Å². The second-order valence-corrected chi connectivity index (χ2v) is 5.35. The monoisotopic (exact) mass is 284 g/mol. The summed E-state index contributed by atoms with van der Waals surface area (Å²) in [7, 11) is 0. The Morgan fingerprint density at radius 1 is 1.19 bits per heavy atom. The minimum atomic E-state index is -0.174. The third-order valence-electron chi connectivity index (χ3n) is 3.38. The van der Waals surface area contributed by atoms with Gasteiger partial charge < -0.3 is 16.2 Å². The number of carbonyl (C=O) groups is 1. The predicted octanol–water partition coefficient (Wildman–Crippen LogP) is 3.03. The van der Waals surface area contributed by atoms with Gasteiger partial charge in [0.2, 0.25) is 0 Å². The number of anilines is 1. The van der Waals surface area contributed by atoms with E-state index in [0.717, 1.165) is 0 Å². The minimum absolute atomic E-state index is 0.125. The Morgan fingerprint density at radius 3 is 2.48 bits per heavy atom. The van der Waals surface area contributed by atoms with E-state index in [1.54, 1.807) is 12.1 Å². The van der Waals surface area contributed by atoms with Crippen molar-refractivity contribution in [1.29, 1.82) is 0 Å². The topological polar surface area (TPSA) is 75.4 Å². The van der Waals surface area contributed by atoms with E-state index < -0.39 is 0 Å². The van der Waals surface area contributed by atoms with Crippen LogP contribution >= 0.6 is 0 Å². The van der Waals surface area contributed by atoms with Gasteiger partial charge in [-0.1, -0.05) is 26.0 Å². The molecule has 0 aromatic heterocycles. The molecular formula is C17H20N2O2. The van der Waals surface area contributed by atoms with Gasteiger partial charge in [-0.15, -0.1) is 0 Å². The standard InChI is InChI=1S/C17H20N2O2/c1-11(2)12-3-5-13(6-4-12)17(21)19-10-14-9-15(18)7-8-16(14)20/h3-9,11,20H,10,18H2,1-2H3,(H,19,21). The Kier molecular flexibility index (Phi) is 4.48. The number of hydrogen-bond donors (Lipinski definition) is 3. The van der Waals surface area contributed by atoms with Crippen molar-refractivity contribution in [2.24, 2.45) is 0 Å². The summed E-state index contributed by atoms with van der Waals surface area (Å²) in [4.78, 5) is 12.1. The van der Waals surface area contributed by atoms with Crippen molar-refractivity contribution in [1.82, 2.24) is 5.32 Å². The van der Waals surface area contributed by atoms with Crippen LogP contribution in [-0.4, -0.2) is 11.0 Å². The lowest BCUT2D eigenvalue weighted by Crippen LogP contribution is -2.22. The van der Waals surface area contributed by atoms with Gasteiger partial charge in [-0.05, 0) is 41.8 Å². The number of nitrogens with two attached hydrogens (primary N) is 1. The lowest BCUT2D eigenvalue weighted by atomic mass is 10.0. The Morgan fingerprint density at radius 2 is 1.86 bits per heavy atom. The molecule has 0 atom stereocenters. The zero-order chi connectivity index (χ0) is 15.4. The van der Waals surface area contributed by atoms with Crippen LogP contribution in [-0.2, 0) is 6.54 Å². The van der Waals surface area contributed by atoms with Gasteiger partial charge in [-0.3, -0.25) is 4.79 Å².